The van der Waals surface area contributed by atoms with Gasteiger partial charge in [-0.3, -0.25) is 5.10 Å². The number of hydrogen-bond acceptors (Lipinski definition) is 6. The predicted molar refractivity (Wildman–Crippen MR) is 97.1 cm³/mol. The maximum Gasteiger partial charge on any atom is 0.224 e. The van der Waals surface area contributed by atoms with Gasteiger partial charge in [0.1, 0.15) is 5.82 Å². The fourth-order valence-electron chi connectivity index (χ4n) is 4.02. The summed E-state index contributed by atoms with van der Waals surface area (Å²) in [6.45, 7) is 2.39. The molecular formula is C18H25N7. The minimum Gasteiger partial charge on any atom is -0.351 e. The Balaban J connectivity index is 1.20. The van der Waals surface area contributed by atoms with Gasteiger partial charge in [0.25, 0.3) is 0 Å². The van der Waals surface area contributed by atoms with Gasteiger partial charge in [-0.25, -0.2) is 4.98 Å². The summed E-state index contributed by atoms with van der Waals surface area (Å²) in [5.41, 5.74) is 1.80. The highest BCUT2D eigenvalue weighted by molar-refractivity contribution is 5.53. The van der Waals surface area contributed by atoms with Gasteiger partial charge in [0.15, 0.2) is 5.82 Å². The fraction of sp³-hybridized carbons (Fsp3) is 0.611. The Morgan fingerprint density at radius 2 is 1.92 bits per heavy atom. The Morgan fingerprint density at radius 1 is 1.08 bits per heavy atom. The van der Waals surface area contributed by atoms with Crippen molar-refractivity contribution >= 4 is 17.6 Å². The van der Waals surface area contributed by atoms with Gasteiger partial charge in [-0.2, -0.15) is 10.1 Å². The first-order valence-corrected chi connectivity index (χ1v) is 9.41. The maximum atomic E-state index is 4.60. The van der Waals surface area contributed by atoms with Crippen molar-refractivity contribution in [2.45, 2.75) is 50.5 Å². The van der Waals surface area contributed by atoms with Gasteiger partial charge >= 0.3 is 0 Å². The van der Waals surface area contributed by atoms with Crippen molar-refractivity contribution in [2.24, 2.45) is 5.41 Å². The van der Waals surface area contributed by atoms with E-state index in [0.29, 0.717) is 23.3 Å². The molecule has 0 radical (unpaired) electrons. The molecule has 132 valence electrons. The van der Waals surface area contributed by atoms with Crippen LogP contribution in [-0.4, -0.2) is 39.3 Å². The second-order valence-corrected chi connectivity index (χ2v) is 7.90. The third-order valence-corrected chi connectivity index (χ3v) is 5.91. The van der Waals surface area contributed by atoms with E-state index in [-0.39, 0.29) is 0 Å². The van der Waals surface area contributed by atoms with Crippen molar-refractivity contribution in [3.8, 4) is 0 Å². The highest BCUT2D eigenvalue weighted by Gasteiger charge is 2.40. The van der Waals surface area contributed by atoms with E-state index in [1.165, 1.54) is 57.3 Å². The number of nitrogens with one attached hydrogen (secondary N) is 4. The number of aromatic amines is 1. The average Bonchev–Trinajstić information content (AvgIpc) is 3.35. The molecule has 5 rings (SSSR count). The summed E-state index contributed by atoms with van der Waals surface area (Å²) in [4.78, 5) is 8.99. The van der Waals surface area contributed by atoms with Crippen molar-refractivity contribution in [1.29, 1.82) is 0 Å². The number of H-pyrrole nitrogens is 1. The molecule has 3 heterocycles. The van der Waals surface area contributed by atoms with Crippen LogP contribution >= 0.6 is 0 Å². The third kappa shape index (κ3) is 3.20. The third-order valence-electron chi connectivity index (χ3n) is 5.91. The summed E-state index contributed by atoms with van der Waals surface area (Å²) in [5, 5.41) is 17.6. The second kappa shape index (κ2) is 5.98. The molecule has 2 saturated carbocycles. The monoisotopic (exact) mass is 339 g/mol. The molecule has 3 aliphatic rings. The normalized spacial score (nSPS) is 22.6. The standard InChI is InChI=1S/C18H25N7/c1-2-12(1)14-9-16(25-24-14)22-15-5-8-20-17(23-15)21-13-3-6-18(7-4-13)10-19-11-18/h5,8-9,12-13,19H,1-4,6-7,10-11H2,(H3,20,21,22,23,24,25). The largest absolute Gasteiger partial charge is 0.351 e. The molecule has 0 unspecified atom stereocenters. The van der Waals surface area contributed by atoms with E-state index in [1.54, 1.807) is 6.20 Å². The number of rotatable bonds is 5. The van der Waals surface area contributed by atoms with Crippen molar-refractivity contribution in [2.75, 3.05) is 23.7 Å². The molecule has 0 bridgehead atoms. The maximum absolute atomic E-state index is 4.60. The van der Waals surface area contributed by atoms with Crippen LogP contribution in [0.2, 0.25) is 0 Å². The smallest absolute Gasteiger partial charge is 0.224 e. The first-order valence-electron chi connectivity index (χ1n) is 9.41. The number of aromatic nitrogens is 4. The lowest BCUT2D eigenvalue weighted by Crippen LogP contribution is -2.55. The van der Waals surface area contributed by atoms with Crippen LogP contribution in [0.4, 0.5) is 17.6 Å². The Hall–Kier alpha value is -2.15. The van der Waals surface area contributed by atoms with Crippen LogP contribution in [0.1, 0.15) is 50.1 Å². The summed E-state index contributed by atoms with van der Waals surface area (Å²) in [5.74, 6) is 2.98. The lowest BCUT2D eigenvalue weighted by Gasteiger charge is -2.47. The van der Waals surface area contributed by atoms with Gasteiger partial charge in [0.2, 0.25) is 5.95 Å². The molecule has 1 saturated heterocycles. The van der Waals surface area contributed by atoms with Crippen molar-refractivity contribution < 1.29 is 0 Å². The minimum absolute atomic E-state index is 0.480. The van der Waals surface area contributed by atoms with Crippen molar-refractivity contribution in [1.82, 2.24) is 25.5 Å². The molecule has 0 amide bonds. The lowest BCUT2D eigenvalue weighted by atomic mass is 9.68. The molecule has 2 aromatic heterocycles. The molecular weight excluding hydrogens is 314 g/mol. The van der Waals surface area contributed by atoms with Gasteiger partial charge < -0.3 is 16.0 Å². The molecule has 7 nitrogen and oxygen atoms in total. The Kier molecular flexibility index (Phi) is 3.62. The van der Waals surface area contributed by atoms with Gasteiger partial charge in [-0.1, -0.05) is 0 Å². The Labute approximate surface area is 147 Å². The SMILES string of the molecule is c1cc(Nc2cc(C3CC3)[nH]n2)nc(NC2CCC3(CC2)CNC3)n1. The summed E-state index contributed by atoms with van der Waals surface area (Å²) >= 11 is 0. The topological polar surface area (TPSA) is 90.5 Å². The van der Waals surface area contributed by atoms with Crippen LogP contribution in [0.5, 0.6) is 0 Å². The zero-order chi connectivity index (χ0) is 16.7. The van der Waals surface area contributed by atoms with E-state index in [9.17, 15) is 0 Å². The van der Waals surface area contributed by atoms with Gasteiger partial charge in [-0.15, -0.1) is 0 Å². The van der Waals surface area contributed by atoms with Crippen LogP contribution in [-0.2, 0) is 0 Å². The number of anilines is 3. The summed E-state index contributed by atoms with van der Waals surface area (Å²) in [6.07, 6.45) is 9.33. The molecule has 2 aromatic rings. The molecule has 1 spiro atoms. The molecule has 25 heavy (non-hydrogen) atoms. The molecule has 1 aliphatic heterocycles. The molecule has 4 N–H and O–H groups in total. The van der Waals surface area contributed by atoms with E-state index in [1.807, 2.05) is 6.07 Å². The van der Waals surface area contributed by atoms with E-state index in [4.69, 9.17) is 0 Å². The van der Waals surface area contributed by atoms with E-state index in [2.05, 4.69) is 42.2 Å². The van der Waals surface area contributed by atoms with Gasteiger partial charge in [-0.05, 0) is 50.0 Å². The quantitative estimate of drug-likeness (QED) is 0.670. The Morgan fingerprint density at radius 3 is 2.64 bits per heavy atom. The van der Waals surface area contributed by atoms with Crippen LogP contribution in [0.25, 0.3) is 0 Å². The highest BCUT2D eigenvalue weighted by Crippen LogP contribution is 2.40. The molecule has 0 atom stereocenters. The van der Waals surface area contributed by atoms with Crippen LogP contribution in [0.15, 0.2) is 18.3 Å². The molecule has 7 heteroatoms. The van der Waals surface area contributed by atoms with Crippen LogP contribution in [0, 0.1) is 5.41 Å². The summed E-state index contributed by atoms with van der Waals surface area (Å²) in [6, 6.07) is 4.44. The molecule has 0 aromatic carbocycles. The minimum atomic E-state index is 0.480. The number of nitrogens with zero attached hydrogens (tertiary/aromatic N) is 3. The van der Waals surface area contributed by atoms with Crippen LogP contribution < -0.4 is 16.0 Å². The van der Waals surface area contributed by atoms with Gasteiger partial charge in [0.05, 0.1) is 0 Å². The fourth-order valence-corrected chi connectivity index (χ4v) is 4.02. The summed E-state index contributed by atoms with van der Waals surface area (Å²) in [7, 11) is 0. The van der Waals surface area contributed by atoms with Crippen molar-refractivity contribution in [3.63, 3.8) is 0 Å². The van der Waals surface area contributed by atoms with E-state index >= 15 is 0 Å². The zero-order valence-corrected chi connectivity index (χ0v) is 14.4. The lowest BCUT2D eigenvalue weighted by molar-refractivity contribution is 0.101. The molecule has 3 fully saturated rings. The Bertz CT molecular complexity index is 737. The van der Waals surface area contributed by atoms with Gasteiger partial charge in [0, 0.05) is 43.0 Å². The number of hydrogen-bond donors (Lipinski definition) is 4. The molecule has 2 aliphatic carbocycles. The highest BCUT2D eigenvalue weighted by atomic mass is 15.2. The average molecular weight is 339 g/mol. The van der Waals surface area contributed by atoms with E-state index < -0.39 is 0 Å². The van der Waals surface area contributed by atoms with Crippen LogP contribution in [0.3, 0.4) is 0 Å². The second-order valence-electron chi connectivity index (χ2n) is 7.90. The first-order chi connectivity index (χ1) is 12.3. The first kappa shape index (κ1) is 15.1. The van der Waals surface area contributed by atoms with Crippen molar-refractivity contribution in [3.05, 3.63) is 24.0 Å². The van der Waals surface area contributed by atoms with E-state index in [0.717, 1.165) is 11.6 Å². The summed E-state index contributed by atoms with van der Waals surface area (Å²) < 4.78 is 0. The zero-order valence-electron chi connectivity index (χ0n) is 14.4. The predicted octanol–water partition coefficient (Wildman–Crippen LogP) is 2.76.